The van der Waals surface area contributed by atoms with Crippen LogP contribution in [0.4, 0.5) is 8.78 Å². The van der Waals surface area contributed by atoms with E-state index in [1.165, 1.54) is 4.57 Å². The van der Waals surface area contributed by atoms with Crippen molar-refractivity contribution in [3.05, 3.63) is 24.0 Å². The van der Waals surface area contributed by atoms with E-state index in [1.54, 1.807) is 18.3 Å². The number of piperidine rings is 1. The number of carbonyl (C=O) groups excluding carboxylic acids is 1. The van der Waals surface area contributed by atoms with Crippen LogP contribution in [0.2, 0.25) is 0 Å². The maximum atomic E-state index is 12.7. The third kappa shape index (κ3) is 4.03. The molecule has 1 aliphatic rings. The molecule has 1 fully saturated rings. The zero-order valence-corrected chi connectivity index (χ0v) is 12.4. The van der Waals surface area contributed by atoms with Gasteiger partial charge in [0, 0.05) is 25.3 Å². The molecule has 2 heterocycles. The zero-order chi connectivity index (χ0) is 15.2. The Kier molecular flexibility index (Phi) is 5.73. The molecule has 0 aromatic carbocycles. The quantitative estimate of drug-likeness (QED) is 0.875. The van der Waals surface area contributed by atoms with Crippen molar-refractivity contribution in [2.75, 3.05) is 19.6 Å². The molecule has 1 unspecified atom stereocenters. The fourth-order valence-electron chi connectivity index (χ4n) is 2.85. The van der Waals surface area contributed by atoms with E-state index in [9.17, 15) is 13.6 Å². The first kappa shape index (κ1) is 15.9. The Balaban J connectivity index is 2.15. The van der Waals surface area contributed by atoms with Crippen molar-refractivity contribution >= 4 is 5.91 Å². The second-order valence-corrected chi connectivity index (χ2v) is 5.44. The van der Waals surface area contributed by atoms with Crippen molar-refractivity contribution in [3.8, 4) is 0 Å². The van der Waals surface area contributed by atoms with Crippen molar-refractivity contribution in [1.29, 1.82) is 0 Å². The molecule has 1 aromatic heterocycles. The van der Waals surface area contributed by atoms with Crippen molar-refractivity contribution in [2.24, 2.45) is 0 Å². The van der Waals surface area contributed by atoms with Gasteiger partial charge in [-0.1, -0.05) is 6.92 Å². The molecule has 1 saturated heterocycles. The lowest BCUT2D eigenvalue weighted by atomic mass is 10.0. The second-order valence-electron chi connectivity index (χ2n) is 5.44. The minimum atomic E-state index is -2.46. The summed E-state index contributed by atoms with van der Waals surface area (Å²) < 4.78 is 26.5. The molecule has 118 valence electrons. The van der Waals surface area contributed by atoms with Gasteiger partial charge in [0.25, 0.3) is 12.3 Å². The van der Waals surface area contributed by atoms with E-state index in [0.717, 1.165) is 32.4 Å². The third-order valence-corrected chi connectivity index (χ3v) is 3.82. The molecule has 1 amide bonds. The molecular formula is C15H23F2N3O. The number of nitrogens with one attached hydrogen (secondary N) is 1. The van der Waals surface area contributed by atoms with E-state index in [-0.39, 0.29) is 11.9 Å². The summed E-state index contributed by atoms with van der Waals surface area (Å²) in [4.78, 5) is 14.6. The Labute approximate surface area is 124 Å². The van der Waals surface area contributed by atoms with Crippen LogP contribution in [0, 0.1) is 0 Å². The topological polar surface area (TPSA) is 37.3 Å². The van der Waals surface area contributed by atoms with Crippen LogP contribution >= 0.6 is 0 Å². The van der Waals surface area contributed by atoms with Gasteiger partial charge in [-0.25, -0.2) is 8.78 Å². The van der Waals surface area contributed by atoms with Gasteiger partial charge >= 0.3 is 0 Å². The SMILES string of the molecule is CCCN(C(=O)c1cccn1CC(F)F)C1CCCNC1. The van der Waals surface area contributed by atoms with Crippen LogP contribution in [0.25, 0.3) is 0 Å². The van der Waals surface area contributed by atoms with Crippen molar-refractivity contribution in [2.45, 2.75) is 45.2 Å². The Hall–Kier alpha value is -1.43. The van der Waals surface area contributed by atoms with Gasteiger partial charge in [0.1, 0.15) is 5.69 Å². The van der Waals surface area contributed by atoms with Crippen LogP contribution < -0.4 is 5.32 Å². The molecule has 2 rings (SSSR count). The van der Waals surface area contributed by atoms with E-state index >= 15 is 0 Å². The van der Waals surface area contributed by atoms with Gasteiger partial charge in [-0.15, -0.1) is 0 Å². The number of carbonyl (C=O) groups is 1. The van der Waals surface area contributed by atoms with Gasteiger partial charge < -0.3 is 14.8 Å². The average Bonchev–Trinajstić information content (AvgIpc) is 2.92. The first-order valence-corrected chi connectivity index (χ1v) is 7.58. The Bertz CT molecular complexity index is 456. The maximum Gasteiger partial charge on any atom is 0.270 e. The van der Waals surface area contributed by atoms with Crippen molar-refractivity contribution < 1.29 is 13.6 Å². The third-order valence-electron chi connectivity index (χ3n) is 3.82. The van der Waals surface area contributed by atoms with Gasteiger partial charge in [0.2, 0.25) is 0 Å². The molecule has 1 N–H and O–H groups in total. The van der Waals surface area contributed by atoms with Crippen LogP contribution in [0.15, 0.2) is 18.3 Å². The largest absolute Gasteiger partial charge is 0.338 e. The Morgan fingerprint density at radius 1 is 1.57 bits per heavy atom. The fourth-order valence-corrected chi connectivity index (χ4v) is 2.85. The number of aromatic nitrogens is 1. The number of hydrogen-bond acceptors (Lipinski definition) is 2. The Morgan fingerprint density at radius 2 is 2.38 bits per heavy atom. The van der Waals surface area contributed by atoms with E-state index < -0.39 is 13.0 Å². The standard InChI is InChI=1S/C15H23F2N3O/c1-2-8-20(12-5-3-7-18-10-12)15(21)13-6-4-9-19(13)11-14(16)17/h4,6,9,12,14,18H,2-3,5,7-8,10-11H2,1H3. The zero-order valence-electron chi connectivity index (χ0n) is 12.4. The first-order chi connectivity index (χ1) is 10.1. The molecule has 0 spiro atoms. The van der Waals surface area contributed by atoms with Gasteiger partial charge in [0.05, 0.1) is 6.54 Å². The smallest absolute Gasteiger partial charge is 0.270 e. The van der Waals surface area contributed by atoms with E-state index in [0.29, 0.717) is 12.2 Å². The molecule has 0 aliphatic carbocycles. The highest BCUT2D eigenvalue weighted by Gasteiger charge is 2.27. The summed E-state index contributed by atoms with van der Waals surface area (Å²) in [7, 11) is 0. The summed E-state index contributed by atoms with van der Waals surface area (Å²) in [6.07, 6.45) is 1.95. The number of nitrogens with zero attached hydrogens (tertiary/aromatic N) is 2. The van der Waals surface area contributed by atoms with Crippen molar-refractivity contribution in [3.63, 3.8) is 0 Å². The summed E-state index contributed by atoms with van der Waals surface area (Å²) in [6.45, 7) is 4.00. The van der Waals surface area contributed by atoms with E-state index in [2.05, 4.69) is 5.32 Å². The molecule has 0 radical (unpaired) electrons. The predicted octanol–water partition coefficient (Wildman–Crippen LogP) is 2.36. The number of halogens is 2. The molecule has 1 aliphatic heterocycles. The Morgan fingerprint density at radius 3 is 3.00 bits per heavy atom. The van der Waals surface area contributed by atoms with Gasteiger partial charge in [-0.05, 0) is 37.9 Å². The fraction of sp³-hybridized carbons (Fsp3) is 0.667. The molecule has 1 atom stereocenters. The highest BCUT2D eigenvalue weighted by atomic mass is 19.3. The highest BCUT2D eigenvalue weighted by Crippen LogP contribution is 2.16. The maximum absolute atomic E-state index is 12.7. The van der Waals surface area contributed by atoms with Crippen molar-refractivity contribution in [1.82, 2.24) is 14.8 Å². The van der Waals surface area contributed by atoms with Crippen LogP contribution in [-0.2, 0) is 6.54 Å². The summed E-state index contributed by atoms with van der Waals surface area (Å²) in [5, 5.41) is 3.30. The number of amides is 1. The van der Waals surface area contributed by atoms with E-state index in [1.807, 2.05) is 11.8 Å². The summed E-state index contributed by atoms with van der Waals surface area (Å²) >= 11 is 0. The summed E-state index contributed by atoms with van der Waals surface area (Å²) in [6, 6.07) is 3.43. The molecule has 0 bridgehead atoms. The van der Waals surface area contributed by atoms with Gasteiger partial charge in [-0.3, -0.25) is 4.79 Å². The van der Waals surface area contributed by atoms with E-state index in [4.69, 9.17) is 0 Å². The molecule has 6 heteroatoms. The van der Waals surface area contributed by atoms with Gasteiger partial charge in [-0.2, -0.15) is 0 Å². The second kappa shape index (κ2) is 7.54. The minimum Gasteiger partial charge on any atom is -0.338 e. The monoisotopic (exact) mass is 299 g/mol. The minimum absolute atomic E-state index is 0.142. The number of rotatable bonds is 6. The molecular weight excluding hydrogens is 276 g/mol. The lowest BCUT2D eigenvalue weighted by molar-refractivity contribution is 0.0629. The predicted molar refractivity (Wildman–Crippen MR) is 77.7 cm³/mol. The number of hydrogen-bond donors (Lipinski definition) is 1. The van der Waals surface area contributed by atoms with Crippen LogP contribution in [0.5, 0.6) is 0 Å². The molecule has 0 saturated carbocycles. The first-order valence-electron chi connectivity index (χ1n) is 7.58. The van der Waals surface area contributed by atoms with Gasteiger partial charge in [0.15, 0.2) is 0 Å². The lowest BCUT2D eigenvalue weighted by Crippen LogP contribution is -2.49. The lowest BCUT2D eigenvalue weighted by Gasteiger charge is -2.34. The molecule has 21 heavy (non-hydrogen) atoms. The van der Waals surface area contributed by atoms with Crippen LogP contribution in [0.3, 0.4) is 0 Å². The summed E-state index contributed by atoms with van der Waals surface area (Å²) in [5.41, 5.74) is 0.356. The van der Waals surface area contributed by atoms with Crippen LogP contribution in [-0.4, -0.2) is 47.5 Å². The highest BCUT2D eigenvalue weighted by molar-refractivity contribution is 5.93. The normalized spacial score (nSPS) is 19.0. The summed E-state index contributed by atoms with van der Waals surface area (Å²) in [5.74, 6) is -0.142. The molecule has 1 aromatic rings. The number of alkyl halides is 2. The average molecular weight is 299 g/mol. The van der Waals surface area contributed by atoms with Crippen LogP contribution in [0.1, 0.15) is 36.7 Å². The molecule has 4 nitrogen and oxygen atoms in total.